The number of piperidine rings is 1. The summed E-state index contributed by atoms with van der Waals surface area (Å²) in [7, 11) is 1.42. The van der Waals surface area contributed by atoms with Crippen molar-refractivity contribution in [3.63, 3.8) is 0 Å². The summed E-state index contributed by atoms with van der Waals surface area (Å²) in [6, 6.07) is 9.71. The van der Waals surface area contributed by atoms with Gasteiger partial charge in [0.2, 0.25) is 0 Å². The van der Waals surface area contributed by atoms with Gasteiger partial charge in [-0.25, -0.2) is 0 Å². The number of halogens is 1. The van der Waals surface area contributed by atoms with Crippen LogP contribution in [-0.4, -0.2) is 37.6 Å². The second-order valence-electron chi connectivity index (χ2n) is 4.97. The first-order valence-electron chi connectivity index (χ1n) is 6.58. The van der Waals surface area contributed by atoms with Gasteiger partial charge in [0.05, 0.1) is 25.6 Å². The van der Waals surface area contributed by atoms with Gasteiger partial charge in [0.1, 0.15) is 0 Å². The Morgan fingerprint density at radius 1 is 1.50 bits per heavy atom. The molecule has 1 saturated heterocycles. The highest BCUT2D eigenvalue weighted by Crippen LogP contribution is 2.33. The molecule has 1 aliphatic heterocycles. The molecular formula is C15H17ClN2O2. The van der Waals surface area contributed by atoms with Gasteiger partial charge in [-0.2, -0.15) is 5.26 Å². The molecule has 0 spiro atoms. The van der Waals surface area contributed by atoms with E-state index < -0.39 is 0 Å². The lowest BCUT2D eigenvalue weighted by Crippen LogP contribution is -2.42. The number of ether oxygens (including phenoxy) is 1. The van der Waals surface area contributed by atoms with Crippen LogP contribution in [0.25, 0.3) is 0 Å². The number of benzene rings is 1. The number of carbonyl (C=O) groups excluding carboxylic acids is 1. The van der Waals surface area contributed by atoms with Crippen LogP contribution in [0.5, 0.6) is 0 Å². The quantitative estimate of drug-likeness (QED) is 0.634. The molecule has 1 heterocycles. The van der Waals surface area contributed by atoms with E-state index in [1.807, 2.05) is 24.3 Å². The SMILES string of the molecule is COC(=O)C1CCN(CC#N)CC1c1ccc(Cl)cc1. The van der Waals surface area contributed by atoms with Gasteiger partial charge < -0.3 is 4.74 Å². The van der Waals surface area contributed by atoms with Crippen LogP contribution in [0.4, 0.5) is 0 Å². The molecule has 1 fully saturated rings. The van der Waals surface area contributed by atoms with Crippen LogP contribution >= 0.6 is 11.6 Å². The van der Waals surface area contributed by atoms with Crippen molar-refractivity contribution < 1.29 is 9.53 Å². The van der Waals surface area contributed by atoms with Gasteiger partial charge in [-0.3, -0.25) is 9.69 Å². The molecule has 1 aromatic rings. The topological polar surface area (TPSA) is 53.3 Å². The zero-order valence-corrected chi connectivity index (χ0v) is 12.1. The lowest BCUT2D eigenvalue weighted by Gasteiger charge is -2.36. The number of likely N-dealkylation sites (tertiary alicyclic amines) is 1. The van der Waals surface area contributed by atoms with Crippen molar-refractivity contribution in [1.82, 2.24) is 4.90 Å². The molecule has 2 unspecified atom stereocenters. The van der Waals surface area contributed by atoms with E-state index in [-0.39, 0.29) is 17.8 Å². The van der Waals surface area contributed by atoms with Gasteiger partial charge in [0, 0.05) is 24.0 Å². The maximum Gasteiger partial charge on any atom is 0.309 e. The monoisotopic (exact) mass is 292 g/mol. The number of hydrogen-bond acceptors (Lipinski definition) is 4. The normalized spacial score (nSPS) is 23.1. The summed E-state index contributed by atoms with van der Waals surface area (Å²) in [6.45, 7) is 1.82. The molecule has 1 aromatic carbocycles. The average molecular weight is 293 g/mol. The molecular weight excluding hydrogens is 276 g/mol. The summed E-state index contributed by atoms with van der Waals surface area (Å²) in [6.07, 6.45) is 0.710. The molecule has 2 atom stereocenters. The Hall–Kier alpha value is -1.57. The van der Waals surface area contributed by atoms with E-state index in [1.165, 1.54) is 7.11 Å². The number of nitrogens with zero attached hydrogens (tertiary/aromatic N) is 2. The second kappa shape index (κ2) is 6.74. The molecule has 0 bridgehead atoms. The first-order valence-corrected chi connectivity index (χ1v) is 6.96. The Morgan fingerprint density at radius 2 is 2.20 bits per heavy atom. The lowest BCUT2D eigenvalue weighted by molar-refractivity contribution is -0.147. The van der Waals surface area contributed by atoms with Crippen LogP contribution in [-0.2, 0) is 9.53 Å². The van der Waals surface area contributed by atoms with Crippen molar-refractivity contribution in [2.24, 2.45) is 5.92 Å². The Kier molecular flexibility index (Phi) is 4.99. The fourth-order valence-electron chi connectivity index (χ4n) is 2.74. The first kappa shape index (κ1) is 14.8. The summed E-state index contributed by atoms with van der Waals surface area (Å²) < 4.78 is 4.91. The zero-order chi connectivity index (χ0) is 14.5. The van der Waals surface area contributed by atoms with E-state index in [9.17, 15) is 4.79 Å². The van der Waals surface area contributed by atoms with Gasteiger partial charge in [-0.15, -0.1) is 0 Å². The van der Waals surface area contributed by atoms with Gasteiger partial charge in [0.25, 0.3) is 0 Å². The molecule has 0 amide bonds. The third-order valence-electron chi connectivity index (χ3n) is 3.79. The highest BCUT2D eigenvalue weighted by atomic mass is 35.5. The molecule has 0 aromatic heterocycles. The molecule has 4 nitrogen and oxygen atoms in total. The van der Waals surface area contributed by atoms with Crippen molar-refractivity contribution in [3.8, 4) is 6.07 Å². The first-order chi connectivity index (χ1) is 9.65. The minimum absolute atomic E-state index is 0.0433. The minimum atomic E-state index is -0.179. The number of carbonyl (C=O) groups is 1. The Labute approximate surface area is 123 Å². The summed E-state index contributed by atoms with van der Waals surface area (Å²) in [5.74, 6) is -0.292. The highest BCUT2D eigenvalue weighted by molar-refractivity contribution is 6.30. The maximum atomic E-state index is 12.0. The molecule has 5 heteroatoms. The van der Waals surface area contributed by atoms with Crippen molar-refractivity contribution in [2.75, 3.05) is 26.7 Å². The van der Waals surface area contributed by atoms with Crippen LogP contribution in [0.3, 0.4) is 0 Å². The van der Waals surface area contributed by atoms with Crippen molar-refractivity contribution in [1.29, 1.82) is 5.26 Å². The smallest absolute Gasteiger partial charge is 0.309 e. The Morgan fingerprint density at radius 3 is 2.80 bits per heavy atom. The number of rotatable bonds is 3. The van der Waals surface area contributed by atoms with Crippen LogP contribution in [0, 0.1) is 17.2 Å². The molecule has 1 aliphatic rings. The Bertz CT molecular complexity index is 510. The lowest BCUT2D eigenvalue weighted by atomic mass is 9.80. The molecule has 0 saturated carbocycles. The van der Waals surface area contributed by atoms with Crippen LogP contribution in [0.1, 0.15) is 17.9 Å². The molecule has 0 radical (unpaired) electrons. The van der Waals surface area contributed by atoms with Crippen molar-refractivity contribution >= 4 is 17.6 Å². The number of nitriles is 1. The fourth-order valence-corrected chi connectivity index (χ4v) is 2.87. The number of methoxy groups -OCH3 is 1. The summed E-state index contributed by atoms with van der Waals surface area (Å²) in [5.41, 5.74) is 1.06. The summed E-state index contributed by atoms with van der Waals surface area (Å²) in [4.78, 5) is 14.0. The van der Waals surface area contributed by atoms with E-state index in [1.54, 1.807) is 0 Å². The predicted octanol–water partition coefficient (Wildman–Crippen LogP) is 2.44. The van der Waals surface area contributed by atoms with E-state index in [4.69, 9.17) is 21.6 Å². The Balaban J connectivity index is 2.23. The third kappa shape index (κ3) is 3.30. The maximum absolute atomic E-state index is 12.0. The van der Waals surface area contributed by atoms with Gasteiger partial charge in [0.15, 0.2) is 0 Å². The number of hydrogen-bond donors (Lipinski definition) is 0. The highest BCUT2D eigenvalue weighted by Gasteiger charge is 2.35. The van der Waals surface area contributed by atoms with Crippen molar-refractivity contribution in [3.05, 3.63) is 34.9 Å². The van der Waals surface area contributed by atoms with Gasteiger partial charge >= 0.3 is 5.97 Å². The van der Waals surface area contributed by atoms with Crippen LogP contribution < -0.4 is 0 Å². The predicted molar refractivity (Wildman–Crippen MR) is 76.4 cm³/mol. The average Bonchev–Trinajstić information content (AvgIpc) is 2.47. The second-order valence-corrected chi connectivity index (χ2v) is 5.41. The van der Waals surface area contributed by atoms with E-state index >= 15 is 0 Å². The summed E-state index contributed by atoms with van der Waals surface area (Å²) in [5, 5.41) is 9.51. The van der Waals surface area contributed by atoms with E-state index in [2.05, 4.69) is 11.0 Å². The van der Waals surface area contributed by atoms with Crippen LogP contribution in [0.15, 0.2) is 24.3 Å². The molecule has 106 valence electrons. The summed E-state index contributed by atoms with van der Waals surface area (Å²) >= 11 is 5.91. The van der Waals surface area contributed by atoms with Crippen LogP contribution in [0.2, 0.25) is 5.02 Å². The van der Waals surface area contributed by atoms with Crippen molar-refractivity contribution in [2.45, 2.75) is 12.3 Å². The largest absolute Gasteiger partial charge is 0.469 e. The molecule has 0 N–H and O–H groups in total. The standard InChI is InChI=1S/C15H17ClN2O2/c1-20-15(19)13-6-8-18(9-7-17)10-14(13)11-2-4-12(16)5-3-11/h2-5,13-14H,6,8-10H2,1H3. The van der Waals surface area contributed by atoms with Gasteiger partial charge in [-0.1, -0.05) is 23.7 Å². The third-order valence-corrected chi connectivity index (χ3v) is 4.05. The molecule has 20 heavy (non-hydrogen) atoms. The van der Waals surface area contributed by atoms with E-state index in [0.29, 0.717) is 24.5 Å². The molecule has 2 rings (SSSR count). The molecule has 0 aliphatic carbocycles. The van der Waals surface area contributed by atoms with Gasteiger partial charge in [-0.05, 0) is 24.1 Å². The van der Waals surface area contributed by atoms with E-state index in [0.717, 1.165) is 12.1 Å². The zero-order valence-electron chi connectivity index (χ0n) is 11.4. The fraction of sp³-hybridized carbons (Fsp3) is 0.467. The minimum Gasteiger partial charge on any atom is -0.469 e. The number of esters is 1.